The highest BCUT2D eigenvalue weighted by Crippen LogP contribution is 2.16. The molecule has 1 unspecified atom stereocenters. The Morgan fingerprint density at radius 2 is 2.06 bits per heavy atom. The quantitative estimate of drug-likeness (QED) is 0.715. The molecule has 0 aliphatic heterocycles. The van der Waals surface area contributed by atoms with E-state index in [-0.39, 0.29) is 24.1 Å². The highest BCUT2D eigenvalue weighted by atomic mass is 16.3. The van der Waals surface area contributed by atoms with Crippen molar-refractivity contribution >= 4 is 5.91 Å². The fraction of sp³-hybridized carbons (Fsp3) is 0.462. The van der Waals surface area contributed by atoms with Crippen LogP contribution in [0.3, 0.4) is 0 Å². The Kier molecular flexibility index (Phi) is 4.97. The zero-order valence-corrected chi connectivity index (χ0v) is 10.3. The molecule has 1 aromatic carbocycles. The largest absolute Gasteiger partial charge is 0.508 e. The molecule has 4 N–H and O–H groups in total. The number of hydrogen-bond acceptors (Lipinski definition) is 3. The van der Waals surface area contributed by atoms with E-state index < -0.39 is 0 Å². The van der Waals surface area contributed by atoms with Crippen LogP contribution in [0.5, 0.6) is 5.75 Å². The van der Waals surface area contributed by atoms with E-state index in [2.05, 4.69) is 5.32 Å². The van der Waals surface area contributed by atoms with Gasteiger partial charge in [-0.15, -0.1) is 0 Å². The summed E-state index contributed by atoms with van der Waals surface area (Å²) in [5, 5.41) is 12.4. The van der Waals surface area contributed by atoms with Crippen LogP contribution >= 0.6 is 0 Å². The molecule has 0 bridgehead atoms. The maximum absolute atomic E-state index is 11.8. The first-order valence-electron chi connectivity index (χ1n) is 5.81. The molecule has 0 aliphatic carbocycles. The average molecular weight is 236 g/mol. The fourth-order valence-corrected chi connectivity index (χ4v) is 1.59. The van der Waals surface area contributed by atoms with Gasteiger partial charge in [0.2, 0.25) is 5.91 Å². The molecule has 0 aliphatic rings. The van der Waals surface area contributed by atoms with Gasteiger partial charge in [0.15, 0.2) is 0 Å². The van der Waals surface area contributed by atoms with Gasteiger partial charge in [0.25, 0.3) is 0 Å². The second-order valence-corrected chi connectivity index (χ2v) is 4.46. The van der Waals surface area contributed by atoms with Crippen molar-refractivity contribution in [3.05, 3.63) is 29.8 Å². The van der Waals surface area contributed by atoms with E-state index in [0.717, 1.165) is 0 Å². The maximum Gasteiger partial charge on any atom is 0.224 e. The van der Waals surface area contributed by atoms with Gasteiger partial charge in [-0.05, 0) is 12.0 Å². The number of nitrogens with one attached hydrogen (secondary N) is 1. The molecule has 1 amide bonds. The minimum Gasteiger partial charge on any atom is -0.508 e. The van der Waals surface area contributed by atoms with Crippen molar-refractivity contribution in [2.45, 2.75) is 26.3 Å². The van der Waals surface area contributed by atoms with Crippen LogP contribution in [0.25, 0.3) is 0 Å². The average Bonchev–Trinajstić information content (AvgIpc) is 2.28. The highest BCUT2D eigenvalue weighted by molar-refractivity contribution is 5.79. The summed E-state index contributed by atoms with van der Waals surface area (Å²) in [6.07, 6.45) is 0.176. The summed E-state index contributed by atoms with van der Waals surface area (Å²) in [6.45, 7) is 4.44. The molecule has 0 radical (unpaired) electrons. The van der Waals surface area contributed by atoms with Gasteiger partial charge in [0.05, 0.1) is 6.42 Å². The summed E-state index contributed by atoms with van der Waals surface area (Å²) in [7, 11) is 0. The van der Waals surface area contributed by atoms with Gasteiger partial charge in [-0.2, -0.15) is 0 Å². The van der Waals surface area contributed by atoms with Gasteiger partial charge in [0, 0.05) is 18.2 Å². The van der Waals surface area contributed by atoms with Crippen molar-refractivity contribution in [3.8, 4) is 5.75 Å². The van der Waals surface area contributed by atoms with E-state index in [4.69, 9.17) is 5.73 Å². The summed E-state index contributed by atoms with van der Waals surface area (Å²) in [6, 6.07) is 6.82. The summed E-state index contributed by atoms with van der Waals surface area (Å²) in [5.41, 5.74) is 6.21. The molecule has 17 heavy (non-hydrogen) atoms. The number of phenols is 1. The number of carbonyl (C=O) groups excluding carboxylic acids is 1. The Bertz CT molecular complexity index is 377. The Hall–Kier alpha value is -1.55. The molecule has 1 rings (SSSR count). The van der Waals surface area contributed by atoms with Crippen molar-refractivity contribution in [2.24, 2.45) is 11.7 Å². The third kappa shape index (κ3) is 4.07. The minimum atomic E-state index is -0.115. The Labute approximate surface area is 102 Å². The number of amides is 1. The summed E-state index contributed by atoms with van der Waals surface area (Å²) >= 11 is 0. The van der Waals surface area contributed by atoms with Gasteiger partial charge in [0.1, 0.15) is 5.75 Å². The van der Waals surface area contributed by atoms with Crippen molar-refractivity contribution in [1.82, 2.24) is 5.32 Å². The predicted octanol–water partition coefficient (Wildman–Crippen LogP) is 1.03. The molecule has 94 valence electrons. The topological polar surface area (TPSA) is 75.3 Å². The van der Waals surface area contributed by atoms with Crippen molar-refractivity contribution < 1.29 is 9.90 Å². The standard InChI is InChI=1S/C13H20N2O2/c1-9(2)11(8-14)15-13(17)7-10-5-3-4-6-12(10)16/h3-6,9,11,16H,7-8,14H2,1-2H3,(H,15,17). The SMILES string of the molecule is CC(C)C(CN)NC(=O)Cc1ccccc1O. The molecule has 1 aromatic rings. The predicted molar refractivity (Wildman–Crippen MR) is 67.6 cm³/mol. The summed E-state index contributed by atoms with van der Waals surface area (Å²) in [5.74, 6) is 0.334. The lowest BCUT2D eigenvalue weighted by Crippen LogP contribution is -2.44. The van der Waals surface area contributed by atoms with Crippen molar-refractivity contribution in [1.29, 1.82) is 0 Å². The van der Waals surface area contributed by atoms with Crippen LogP contribution < -0.4 is 11.1 Å². The van der Waals surface area contributed by atoms with Crippen LogP contribution in [0.2, 0.25) is 0 Å². The number of carbonyl (C=O) groups is 1. The number of nitrogens with two attached hydrogens (primary N) is 1. The molecule has 0 saturated heterocycles. The van der Waals surface area contributed by atoms with Gasteiger partial charge >= 0.3 is 0 Å². The smallest absolute Gasteiger partial charge is 0.224 e. The normalized spacial score (nSPS) is 12.5. The minimum absolute atomic E-state index is 0.0200. The van der Waals surface area contributed by atoms with Crippen LogP contribution in [-0.4, -0.2) is 23.6 Å². The first kappa shape index (κ1) is 13.5. The Morgan fingerprint density at radius 1 is 1.41 bits per heavy atom. The summed E-state index contributed by atoms with van der Waals surface area (Å²) < 4.78 is 0. The number of rotatable bonds is 5. The number of aromatic hydroxyl groups is 1. The molecule has 0 saturated carbocycles. The molecule has 0 fully saturated rings. The van der Waals surface area contributed by atoms with Crippen molar-refractivity contribution in [2.75, 3.05) is 6.54 Å². The number of benzene rings is 1. The van der Waals surface area contributed by atoms with Crippen molar-refractivity contribution in [3.63, 3.8) is 0 Å². The Morgan fingerprint density at radius 3 is 2.59 bits per heavy atom. The maximum atomic E-state index is 11.8. The molecular weight excluding hydrogens is 216 g/mol. The van der Waals surface area contributed by atoms with E-state index in [1.54, 1.807) is 24.3 Å². The van der Waals surface area contributed by atoms with Crippen LogP contribution in [0.4, 0.5) is 0 Å². The number of para-hydroxylation sites is 1. The Balaban J connectivity index is 2.58. The van der Waals surface area contributed by atoms with Gasteiger partial charge in [-0.3, -0.25) is 4.79 Å². The monoisotopic (exact) mass is 236 g/mol. The van der Waals surface area contributed by atoms with E-state index in [9.17, 15) is 9.90 Å². The zero-order chi connectivity index (χ0) is 12.8. The number of hydrogen-bond donors (Lipinski definition) is 3. The first-order chi connectivity index (χ1) is 8.04. The highest BCUT2D eigenvalue weighted by Gasteiger charge is 2.15. The van der Waals surface area contributed by atoms with Gasteiger partial charge in [-0.25, -0.2) is 0 Å². The summed E-state index contributed by atoms with van der Waals surface area (Å²) in [4.78, 5) is 11.8. The van der Waals surface area contributed by atoms with Crippen LogP contribution in [0, 0.1) is 5.92 Å². The third-order valence-corrected chi connectivity index (χ3v) is 2.75. The second kappa shape index (κ2) is 6.25. The molecular formula is C13H20N2O2. The molecule has 0 aromatic heterocycles. The van der Waals surface area contributed by atoms with E-state index >= 15 is 0 Å². The zero-order valence-electron chi connectivity index (χ0n) is 10.3. The van der Waals surface area contributed by atoms with E-state index in [0.29, 0.717) is 18.0 Å². The fourth-order valence-electron chi connectivity index (χ4n) is 1.59. The molecule has 4 nitrogen and oxygen atoms in total. The third-order valence-electron chi connectivity index (χ3n) is 2.75. The van der Waals surface area contributed by atoms with Crippen LogP contribution in [-0.2, 0) is 11.2 Å². The lowest BCUT2D eigenvalue weighted by molar-refractivity contribution is -0.121. The lowest BCUT2D eigenvalue weighted by atomic mass is 10.0. The van der Waals surface area contributed by atoms with Gasteiger partial charge in [-0.1, -0.05) is 32.0 Å². The van der Waals surface area contributed by atoms with Gasteiger partial charge < -0.3 is 16.2 Å². The second-order valence-electron chi connectivity index (χ2n) is 4.46. The first-order valence-corrected chi connectivity index (χ1v) is 5.81. The van der Waals surface area contributed by atoms with E-state index in [1.165, 1.54) is 0 Å². The van der Waals surface area contributed by atoms with E-state index in [1.807, 2.05) is 13.8 Å². The molecule has 4 heteroatoms. The molecule has 0 heterocycles. The van der Waals surface area contributed by atoms with Crippen LogP contribution in [0.15, 0.2) is 24.3 Å². The molecule has 1 atom stereocenters. The lowest BCUT2D eigenvalue weighted by Gasteiger charge is -2.20. The van der Waals surface area contributed by atoms with Crippen LogP contribution in [0.1, 0.15) is 19.4 Å². The number of phenolic OH excluding ortho intramolecular Hbond substituents is 1. The molecule has 0 spiro atoms.